The van der Waals surface area contributed by atoms with Crippen molar-refractivity contribution in [1.82, 2.24) is 0 Å². The van der Waals surface area contributed by atoms with Gasteiger partial charge < -0.3 is 24.8 Å². The number of rotatable bonds is 11. The van der Waals surface area contributed by atoms with Crippen LogP contribution in [0.1, 0.15) is 6.92 Å². The Morgan fingerprint density at radius 2 is 1.91 bits per heavy atom. The molecule has 0 saturated heterocycles. The zero-order valence-corrected chi connectivity index (χ0v) is 13.6. The van der Waals surface area contributed by atoms with Gasteiger partial charge in [0, 0.05) is 12.6 Å². The van der Waals surface area contributed by atoms with Gasteiger partial charge >= 0.3 is 0 Å². The number of amides is 1. The number of hydrogen-bond acceptors (Lipinski definition) is 5. The van der Waals surface area contributed by atoms with Crippen molar-refractivity contribution in [3.63, 3.8) is 0 Å². The van der Waals surface area contributed by atoms with E-state index in [-0.39, 0.29) is 5.91 Å². The summed E-state index contributed by atoms with van der Waals surface area (Å²) in [4.78, 5) is 11.2. The Morgan fingerprint density at radius 1 is 1.26 bits per heavy atom. The largest absolute Gasteiger partial charge is 0.495 e. The average Bonchev–Trinajstić information content (AvgIpc) is 2.53. The van der Waals surface area contributed by atoms with Crippen LogP contribution in [0.15, 0.2) is 43.5 Å². The Balaban J connectivity index is 2.76. The van der Waals surface area contributed by atoms with Crippen LogP contribution in [0.2, 0.25) is 0 Å². The maximum absolute atomic E-state index is 11.2. The number of methoxy groups -OCH3 is 1. The fourth-order valence-electron chi connectivity index (χ4n) is 1.84. The second-order valence-corrected chi connectivity index (χ2v) is 4.65. The molecule has 0 aliphatic carbocycles. The van der Waals surface area contributed by atoms with Gasteiger partial charge in [-0.1, -0.05) is 12.2 Å². The molecule has 1 rings (SSSR count). The van der Waals surface area contributed by atoms with Crippen molar-refractivity contribution in [2.24, 2.45) is 0 Å². The summed E-state index contributed by atoms with van der Waals surface area (Å²) in [6.45, 7) is 9.86. The Hall–Kier alpha value is -2.31. The Labute approximate surface area is 137 Å². The second kappa shape index (κ2) is 10.4. The maximum atomic E-state index is 11.2. The Bertz CT molecular complexity index is 519. The lowest BCUT2D eigenvalue weighted by atomic mass is 10.2. The van der Waals surface area contributed by atoms with Crippen LogP contribution in [0.5, 0.6) is 5.75 Å². The normalized spacial score (nSPS) is 10.2. The standard InChI is InChI=1S/C17H24N2O4/c1-5-9-22-17(23-10-6-2)12-18-15-11-14(19-13(3)20)7-8-16(15)21-4/h5-8,11,17-18H,1-2,9-10,12H2,3-4H3,(H,19,20). The van der Waals surface area contributed by atoms with Gasteiger partial charge in [-0.05, 0) is 18.2 Å². The van der Waals surface area contributed by atoms with Gasteiger partial charge in [0.05, 0.1) is 32.6 Å². The first-order valence-corrected chi connectivity index (χ1v) is 7.25. The number of nitrogens with one attached hydrogen (secondary N) is 2. The molecule has 23 heavy (non-hydrogen) atoms. The molecule has 0 fully saturated rings. The lowest BCUT2D eigenvalue weighted by Crippen LogP contribution is -2.27. The van der Waals surface area contributed by atoms with E-state index in [2.05, 4.69) is 23.8 Å². The van der Waals surface area contributed by atoms with E-state index >= 15 is 0 Å². The molecular formula is C17H24N2O4. The van der Waals surface area contributed by atoms with Crippen molar-refractivity contribution in [2.45, 2.75) is 13.2 Å². The molecule has 2 N–H and O–H groups in total. The average molecular weight is 320 g/mol. The smallest absolute Gasteiger partial charge is 0.221 e. The van der Waals surface area contributed by atoms with Crippen LogP contribution < -0.4 is 15.4 Å². The summed E-state index contributed by atoms with van der Waals surface area (Å²) in [6, 6.07) is 5.33. The third-order valence-electron chi connectivity index (χ3n) is 2.78. The van der Waals surface area contributed by atoms with Crippen molar-refractivity contribution in [1.29, 1.82) is 0 Å². The van der Waals surface area contributed by atoms with Crippen LogP contribution in [0.4, 0.5) is 11.4 Å². The van der Waals surface area contributed by atoms with Crippen molar-refractivity contribution < 1.29 is 19.0 Å². The van der Waals surface area contributed by atoms with Crippen LogP contribution in [0.3, 0.4) is 0 Å². The summed E-state index contributed by atoms with van der Waals surface area (Å²) < 4.78 is 16.4. The van der Waals surface area contributed by atoms with E-state index in [1.165, 1.54) is 6.92 Å². The van der Waals surface area contributed by atoms with Crippen molar-refractivity contribution in [2.75, 3.05) is 37.5 Å². The van der Waals surface area contributed by atoms with E-state index in [1.54, 1.807) is 37.5 Å². The third-order valence-corrected chi connectivity index (χ3v) is 2.78. The SMILES string of the molecule is C=CCOC(CNc1cc(NC(C)=O)ccc1OC)OCC=C. The highest BCUT2D eigenvalue weighted by atomic mass is 16.7. The summed E-state index contributed by atoms with van der Waals surface area (Å²) in [6.07, 6.45) is 2.85. The van der Waals surface area contributed by atoms with Crippen LogP contribution in [-0.2, 0) is 14.3 Å². The van der Waals surface area contributed by atoms with Crippen molar-refractivity contribution >= 4 is 17.3 Å². The molecule has 0 saturated carbocycles. The van der Waals surface area contributed by atoms with Crippen LogP contribution in [-0.4, -0.2) is 39.1 Å². The molecule has 0 aromatic heterocycles. The summed E-state index contributed by atoms with van der Waals surface area (Å²) in [7, 11) is 1.58. The van der Waals surface area contributed by atoms with E-state index in [1.807, 2.05) is 0 Å². The highest BCUT2D eigenvalue weighted by Gasteiger charge is 2.11. The number of benzene rings is 1. The number of ether oxygens (including phenoxy) is 3. The van der Waals surface area contributed by atoms with Gasteiger partial charge in [0.2, 0.25) is 5.91 Å². The molecule has 0 bridgehead atoms. The molecule has 1 amide bonds. The first-order chi connectivity index (χ1) is 11.1. The van der Waals surface area contributed by atoms with E-state index in [9.17, 15) is 4.79 Å². The van der Waals surface area contributed by atoms with E-state index in [4.69, 9.17) is 14.2 Å². The summed E-state index contributed by atoms with van der Waals surface area (Å²) in [5, 5.41) is 5.93. The molecule has 1 aromatic rings. The van der Waals surface area contributed by atoms with Crippen molar-refractivity contribution in [3.05, 3.63) is 43.5 Å². The molecule has 0 unspecified atom stereocenters. The summed E-state index contributed by atoms with van der Waals surface area (Å²) >= 11 is 0. The Morgan fingerprint density at radius 3 is 2.43 bits per heavy atom. The van der Waals surface area contributed by atoms with Gasteiger partial charge in [-0.3, -0.25) is 4.79 Å². The predicted molar refractivity (Wildman–Crippen MR) is 91.9 cm³/mol. The second-order valence-electron chi connectivity index (χ2n) is 4.65. The molecule has 6 nitrogen and oxygen atoms in total. The van der Waals surface area contributed by atoms with Crippen LogP contribution in [0, 0.1) is 0 Å². The monoisotopic (exact) mass is 320 g/mol. The highest BCUT2D eigenvalue weighted by molar-refractivity contribution is 5.89. The molecule has 126 valence electrons. The van der Waals surface area contributed by atoms with Gasteiger partial charge in [-0.2, -0.15) is 0 Å². The molecular weight excluding hydrogens is 296 g/mol. The third kappa shape index (κ3) is 6.99. The van der Waals surface area contributed by atoms with Gasteiger partial charge in [0.25, 0.3) is 0 Å². The fourth-order valence-corrected chi connectivity index (χ4v) is 1.84. The fraction of sp³-hybridized carbons (Fsp3) is 0.353. The highest BCUT2D eigenvalue weighted by Crippen LogP contribution is 2.27. The number of carbonyl (C=O) groups is 1. The number of anilines is 2. The molecule has 0 aliphatic rings. The zero-order valence-electron chi connectivity index (χ0n) is 13.6. The van der Waals surface area contributed by atoms with E-state index < -0.39 is 6.29 Å². The van der Waals surface area contributed by atoms with Crippen LogP contribution in [0.25, 0.3) is 0 Å². The quantitative estimate of drug-likeness (QED) is 0.485. The first kappa shape index (κ1) is 18.7. The molecule has 6 heteroatoms. The molecule has 0 aliphatic heterocycles. The Kier molecular flexibility index (Phi) is 8.49. The molecule has 0 heterocycles. The van der Waals surface area contributed by atoms with E-state index in [0.717, 1.165) is 5.69 Å². The maximum Gasteiger partial charge on any atom is 0.221 e. The minimum atomic E-state index is -0.458. The van der Waals surface area contributed by atoms with Crippen LogP contribution >= 0.6 is 0 Å². The molecule has 0 atom stereocenters. The van der Waals surface area contributed by atoms with Crippen molar-refractivity contribution in [3.8, 4) is 5.75 Å². The summed E-state index contributed by atoms with van der Waals surface area (Å²) in [5.74, 6) is 0.521. The lowest BCUT2D eigenvalue weighted by molar-refractivity contribution is -0.117. The van der Waals surface area contributed by atoms with Gasteiger partial charge in [0.15, 0.2) is 6.29 Å². The lowest BCUT2D eigenvalue weighted by Gasteiger charge is -2.19. The summed E-state index contributed by atoms with van der Waals surface area (Å²) in [5.41, 5.74) is 1.41. The minimum Gasteiger partial charge on any atom is -0.495 e. The van der Waals surface area contributed by atoms with Gasteiger partial charge in [-0.15, -0.1) is 13.2 Å². The van der Waals surface area contributed by atoms with Gasteiger partial charge in [0.1, 0.15) is 5.75 Å². The first-order valence-electron chi connectivity index (χ1n) is 7.25. The topological polar surface area (TPSA) is 68.8 Å². The molecule has 1 aromatic carbocycles. The number of carbonyl (C=O) groups excluding carboxylic acids is 1. The van der Waals surface area contributed by atoms with Gasteiger partial charge in [-0.25, -0.2) is 0 Å². The number of hydrogen-bond donors (Lipinski definition) is 2. The van der Waals surface area contributed by atoms with E-state index in [0.29, 0.717) is 31.2 Å². The zero-order chi connectivity index (χ0) is 17.1. The minimum absolute atomic E-state index is 0.136. The predicted octanol–water partition coefficient (Wildman–Crippen LogP) is 2.80. The molecule has 0 spiro atoms. The molecule has 0 radical (unpaired) electrons.